The molecule has 0 saturated carbocycles. The number of amides is 2. The first-order chi connectivity index (χ1) is 23.9. The molecule has 0 unspecified atom stereocenters. The topological polar surface area (TPSA) is 81.3 Å². The zero-order chi connectivity index (χ0) is 35.9. The summed E-state index contributed by atoms with van der Waals surface area (Å²) in [6.45, 7) is 6.69. The molecule has 0 bridgehead atoms. The largest absolute Gasteiger partial charge is 0.633 e. The van der Waals surface area contributed by atoms with E-state index in [-0.39, 0.29) is 16.5 Å². The molecule has 6 nitrogen and oxygen atoms in total. The Morgan fingerprint density at radius 3 is 0.857 bits per heavy atom. The monoisotopic (exact) mass is 694 g/mol. The number of rotatable bonds is 40. The molecule has 0 spiro atoms. The molecule has 0 fully saturated rings. The maximum Gasteiger partial charge on any atom is 0.219 e. The number of carbonyl (C=O) groups excluding carboxylic acids is 2. The van der Waals surface area contributed by atoms with Crippen LogP contribution in [0.15, 0.2) is 0 Å². The minimum atomic E-state index is -0.316. The van der Waals surface area contributed by atoms with Gasteiger partial charge < -0.3 is 20.5 Å². The predicted octanol–water partition coefficient (Wildman–Crippen LogP) is 12.5. The molecule has 2 N–H and O–H groups in total. The highest BCUT2D eigenvalue weighted by molar-refractivity contribution is 5.76. The van der Waals surface area contributed by atoms with Crippen molar-refractivity contribution in [2.45, 2.75) is 232 Å². The molecule has 0 aliphatic rings. The second-order valence-electron chi connectivity index (χ2n) is 15.6. The molecule has 0 aromatic carbocycles. The van der Waals surface area contributed by atoms with Gasteiger partial charge in [0, 0.05) is 38.8 Å². The lowest BCUT2D eigenvalue weighted by Gasteiger charge is -2.38. The molecule has 292 valence electrons. The van der Waals surface area contributed by atoms with Crippen LogP contribution in [0.4, 0.5) is 0 Å². The zero-order valence-electron chi connectivity index (χ0n) is 33.5. The molecule has 0 aromatic heterocycles. The Bertz CT molecular complexity index is 644. The second kappa shape index (κ2) is 38.1. The summed E-state index contributed by atoms with van der Waals surface area (Å²) in [6.07, 6.45) is 42.4. The minimum Gasteiger partial charge on any atom is -0.633 e. The Morgan fingerprint density at radius 1 is 0.388 bits per heavy atom. The number of hydrogen-bond donors (Lipinski definition) is 2. The van der Waals surface area contributed by atoms with Crippen molar-refractivity contribution in [3.8, 4) is 0 Å². The molecule has 0 saturated heterocycles. The molecule has 0 atom stereocenters. The van der Waals surface area contributed by atoms with E-state index in [1.807, 2.05) is 0 Å². The number of nitrogens with zero attached hydrogens (tertiary/aromatic N) is 1. The first-order valence-corrected chi connectivity index (χ1v) is 22.0. The van der Waals surface area contributed by atoms with Crippen LogP contribution in [0, 0.1) is 5.21 Å². The van der Waals surface area contributed by atoms with Gasteiger partial charge in [0.15, 0.2) is 0 Å². The van der Waals surface area contributed by atoms with E-state index in [1.54, 1.807) is 7.05 Å². The highest BCUT2D eigenvalue weighted by Gasteiger charge is 2.11. The minimum absolute atomic E-state index is 0.117. The van der Waals surface area contributed by atoms with Gasteiger partial charge in [-0.2, -0.15) is 0 Å². The molecular weight excluding hydrogens is 606 g/mol. The van der Waals surface area contributed by atoms with Crippen molar-refractivity contribution in [3.05, 3.63) is 5.21 Å². The number of hydroxylamine groups is 3. The van der Waals surface area contributed by atoms with Crippen LogP contribution >= 0.6 is 0 Å². The van der Waals surface area contributed by atoms with Gasteiger partial charge in [-0.05, 0) is 12.8 Å². The fraction of sp³-hybridized carbons (Fsp3) is 0.953. The zero-order valence-corrected chi connectivity index (χ0v) is 33.5. The first kappa shape index (κ1) is 47.9. The number of carbonyl (C=O) groups is 2. The second-order valence-corrected chi connectivity index (χ2v) is 15.6. The van der Waals surface area contributed by atoms with Crippen LogP contribution < -0.4 is 10.6 Å². The van der Waals surface area contributed by atoms with Gasteiger partial charge in [0.25, 0.3) is 0 Å². The van der Waals surface area contributed by atoms with Gasteiger partial charge >= 0.3 is 0 Å². The van der Waals surface area contributed by atoms with Crippen LogP contribution in [0.3, 0.4) is 0 Å². The molecule has 49 heavy (non-hydrogen) atoms. The molecule has 2 amide bonds. The lowest BCUT2D eigenvalue weighted by molar-refractivity contribution is -0.860. The van der Waals surface area contributed by atoms with Gasteiger partial charge in [0.2, 0.25) is 11.8 Å². The molecule has 0 rings (SSSR count). The molecule has 6 heteroatoms. The predicted molar refractivity (Wildman–Crippen MR) is 214 cm³/mol. The molecule has 0 heterocycles. The summed E-state index contributed by atoms with van der Waals surface area (Å²) in [5.41, 5.74) is 0. The van der Waals surface area contributed by atoms with Crippen molar-refractivity contribution in [2.75, 3.05) is 33.2 Å². The SMILES string of the molecule is CCCCCCCCCCCCCCCCCC(=O)NCCC[N+](C)([O-])CCCNC(=O)CCCCCCCCCCCCCCCCC. The van der Waals surface area contributed by atoms with E-state index in [4.69, 9.17) is 0 Å². The van der Waals surface area contributed by atoms with E-state index in [0.29, 0.717) is 51.9 Å². The first-order valence-electron chi connectivity index (χ1n) is 22.0. The quantitative estimate of drug-likeness (QED) is 0.0381. The molecule has 0 aromatic rings. The van der Waals surface area contributed by atoms with Crippen LogP contribution in [0.25, 0.3) is 0 Å². The van der Waals surface area contributed by atoms with Crippen molar-refractivity contribution in [2.24, 2.45) is 0 Å². The molecule has 0 aliphatic heterocycles. The van der Waals surface area contributed by atoms with Crippen molar-refractivity contribution in [3.63, 3.8) is 0 Å². The summed E-state index contributed by atoms with van der Waals surface area (Å²) in [4.78, 5) is 24.3. The highest BCUT2D eigenvalue weighted by atomic mass is 16.5. The summed E-state index contributed by atoms with van der Waals surface area (Å²) in [7, 11) is 1.70. The summed E-state index contributed by atoms with van der Waals surface area (Å²) in [5.74, 6) is 0.234. The van der Waals surface area contributed by atoms with Gasteiger partial charge in [0.1, 0.15) is 0 Å². The third-order valence-electron chi connectivity index (χ3n) is 10.3. The molecule has 0 aliphatic carbocycles. The average Bonchev–Trinajstić information content (AvgIpc) is 3.08. The summed E-state index contributed by atoms with van der Waals surface area (Å²) in [5, 5.41) is 18.8. The Hall–Kier alpha value is -1.14. The van der Waals surface area contributed by atoms with Crippen molar-refractivity contribution < 1.29 is 14.2 Å². The summed E-state index contributed by atoms with van der Waals surface area (Å²) in [6, 6.07) is 0. The Kier molecular flexibility index (Phi) is 37.2. The standard InChI is InChI=1S/C43H87N3O3/c1-4-6-8-10-12-14-16-18-20-22-24-26-28-30-32-36-42(47)44-38-34-40-46(3,49)41-35-39-45-43(48)37-33-31-29-27-25-23-21-19-17-15-13-11-9-7-5-2/h4-41H2,1-3H3,(H,44,47)(H,45,48). The smallest absolute Gasteiger partial charge is 0.219 e. The van der Waals surface area contributed by atoms with E-state index in [9.17, 15) is 14.8 Å². The van der Waals surface area contributed by atoms with E-state index < -0.39 is 0 Å². The fourth-order valence-electron chi connectivity index (χ4n) is 6.88. The molecule has 0 radical (unpaired) electrons. The van der Waals surface area contributed by atoms with Crippen molar-refractivity contribution >= 4 is 11.8 Å². The van der Waals surface area contributed by atoms with Gasteiger partial charge in [-0.1, -0.05) is 194 Å². The fourth-order valence-corrected chi connectivity index (χ4v) is 6.88. The van der Waals surface area contributed by atoms with Gasteiger partial charge in [-0.15, -0.1) is 0 Å². The van der Waals surface area contributed by atoms with E-state index in [1.165, 1.54) is 167 Å². The van der Waals surface area contributed by atoms with Crippen LogP contribution in [-0.2, 0) is 9.59 Å². The van der Waals surface area contributed by atoms with Crippen molar-refractivity contribution in [1.29, 1.82) is 0 Å². The Morgan fingerprint density at radius 2 is 0.612 bits per heavy atom. The van der Waals surface area contributed by atoms with Crippen LogP contribution in [0.2, 0.25) is 0 Å². The van der Waals surface area contributed by atoms with E-state index in [2.05, 4.69) is 24.5 Å². The summed E-state index contributed by atoms with van der Waals surface area (Å²) < 4.78 is -0.316. The maximum atomic E-state index is 12.8. The lowest BCUT2D eigenvalue weighted by Crippen LogP contribution is -2.42. The highest BCUT2D eigenvalue weighted by Crippen LogP contribution is 2.15. The normalized spacial score (nSPS) is 11.7. The third-order valence-corrected chi connectivity index (χ3v) is 10.3. The van der Waals surface area contributed by atoms with E-state index in [0.717, 1.165) is 25.7 Å². The number of quaternary nitrogens is 1. The third kappa shape index (κ3) is 39.5. The molecular formula is C43H87N3O3. The summed E-state index contributed by atoms with van der Waals surface area (Å²) >= 11 is 0. The van der Waals surface area contributed by atoms with Gasteiger partial charge in [-0.25, -0.2) is 0 Å². The van der Waals surface area contributed by atoms with Gasteiger partial charge in [0.05, 0.1) is 20.1 Å². The maximum absolute atomic E-state index is 12.8. The number of nitrogens with one attached hydrogen (secondary N) is 2. The average molecular weight is 694 g/mol. The van der Waals surface area contributed by atoms with Gasteiger partial charge in [-0.3, -0.25) is 9.59 Å². The van der Waals surface area contributed by atoms with Crippen LogP contribution in [0.1, 0.15) is 232 Å². The number of hydrogen-bond acceptors (Lipinski definition) is 3. The van der Waals surface area contributed by atoms with Crippen LogP contribution in [0.5, 0.6) is 0 Å². The lowest BCUT2D eigenvalue weighted by atomic mass is 10.0. The number of unbranched alkanes of at least 4 members (excludes halogenated alkanes) is 28. The Balaban J connectivity index is 3.45. The van der Waals surface area contributed by atoms with E-state index >= 15 is 0 Å². The van der Waals surface area contributed by atoms with Crippen LogP contribution in [-0.4, -0.2) is 49.7 Å². The van der Waals surface area contributed by atoms with Crippen molar-refractivity contribution in [1.82, 2.24) is 10.6 Å². The Labute approximate surface area is 306 Å².